The van der Waals surface area contributed by atoms with Crippen molar-refractivity contribution in [3.05, 3.63) is 24.0 Å². The summed E-state index contributed by atoms with van der Waals surface area (Å²) in [6, 6.07) is 1.78. The van der Waals surface area contributed by atoms with Gasteiger partial charge in [-0.25, -0.2) is 4.79 Å². The van der Waals surface area contributed by atoms with Crippen LogP contribution in [0.2, 0.25) is 0 Å². The van der Waals surface area contributed by atoms with Gasteiger partial charge in [-0.2, -0.15) is 0 Å². The average Bonchev–Trinajstić information content (AvgIpc) is 2.53. The minimum atomic E-state index is -0.487. The zero-order chi connectivity index (χ0) is 8.81. The Kier molecular flexibility index (Phi) is 2.97. The van der Waals surface area contributed by atoms with Crippen molar-refractivity contribution in [3.8, 4) is 11.8 Å². The molecule has 1 N–H and O–H groups in total. The maximum atomic E-state index is 10.7. The van der Waals surface area contributed by atoms with Crippen LogP contribution in [-0.2, 0) is 9.53 Å². The zero-order valence-corrected chi connectivity index (χ0v) is 6.76. The van der Waals surface area contributed by atoms with Crippen LogP contribution in [0.5, 0.6) is 0 Å². The fourth-order valence-corrected chi connectivity index (χ4v) is 0.692. The molecule has 3 nitrogen and oxygen atoms in total. The van der Waals surface area contributed by atoms with Crippen LogP contribution in [0.1, 0.15) is 12.5 Å². The highest BCUT2D eigenvalue weighted by Gasteiger charge is 1.92. The Morgan fingerprint density at radius 1 is 1.75 bits per heavy atom. The minimum Gasteiger partial charge on any atom is -0.456 e. The molecule has 0 saturated carbocycles. The molecule has 1 aromatic heterocycles. The summed E-state index contributed by atoms with van der Waals surface area (Å²) in [4.78, 5) is 13.6. The van der Waals surface area contributed by atoms with Crippen molar-refractivity contribution in [2.24, 2.45) is 0 Å². The summed E-state index contributed by atoms with van der Waals surface area (Å²) >= 11 is 0. The Bertz CT molecular complexity index is 303. The second-order valence-electron chi connectivity index (χ2n) is 2.07. The number of hydrogen-bond donors (Lipinski definition) is 1. The van der Waals surface area contributed by atoms with Gasteiger partial charge in [0.25, 0.3) is 0 Å². The molecule has 0 amide bonds. The van der Waals surface area contributed by atoms with Crippen LogP contribution in [0.25, 0.3) is 0 Å². The van der Waals surface area contributed by atoms with Gasteiger partial charge < -0.3 is 9.72 Å². The number of ether oxygens (including phenoxy) is 1. The molecular weight excluding hydrogens is 154 g/mol. The van der Waals surface area contributed by atoms with Crippen LogP contribution >= 0.6 is 0 Å². The largest absolute Gasteiger partial charge is 0.456 e. The lowest BCUT2D eigenvalue weighted by Crippen LogP contribution is -1.99. The van der Waals surface area contributed by atoms with E-state index in [0.29, 0.717) is 6.61 Å². The van der Waals surface area contributed by atoms with E-state index in [1.165, 1.54) is 0 Å². The Balaban J connectivity index is 2.54. The Morgan fingerprint density at radius 2 is 2.58 bits per heavy atom. The molecule has 0 bridgehead atoms. The molecule has 1 aromatic rings. The van der Waals surface area contributed by atoms with E-state index < -0.39 is 5.97 Å². The SMILES string of the molecule is CCOC(=O)C#Cc1cc[nH]c1. The van der Waals surface area contributed by atoms with Gasteiger partial charge in [-0.05, 0) is 13.0 Å². The van der Waals surface area contributed by atoms with Crippen molar-refractivity contribution in [1.82, 2.24) is 4.98 Å². The summed E-state index contributed by atoms with van der Waals surface area (Å²) in [6.45, 7) is 2.11. The number of carbonyl (C=O) groups is 1. The lowest BCUT2D eigenvalue weighted by atomic mass is 10.3. The van der Waals surface area contributed by atoms with Crippen LogP contribution in [0, 0.1) is 11.8 Å². The van der Waals surface area contributed by atoms with E-state index >= 15 is 0 Å². The molecule has 0 aromatic carbocycles. The fraction of sp³-hybridized carbons (Fsp3) is 0.222. The number of nitrogens with one attached hydrogen (secondary N) is 1. The van der Waals surface area contributed by atoms with Crippen molar-refractivity contribution >= 4 is 5.97 Å². The maximum Gasteiger partial charge on any atom is 0.384 e. The van der Waals surface area contributed by atoms with E-state index in [-0.39, 0.29) is 0 Å². The fourth-order valence-electron chi connectivity index (χ4n) is 0.692. The average molecular weight is 163 g/mol. The molecule has 0 radical (unpaired) electrons. The van der Waals surface area contributed by atoms with Crippen molar-refractivity contribution in [2.45, 2.75) is 6.92 Å². The van der Waals surface area contributed by atoms with Gasteiger partial charge in [0.05, 0.1) is 6.61 Å². The van der Waals surface area contributed by atoms with Gasteiger partial charge >= 0.3 is 5.97 Å². The quantitative estimate of drug-likeness (QED) is 0.494. The maximum absolute atomic E-state index is 10.7. The normalized spacial score (nSPS) is 8.42. The van der Waals surface area contributed by atoms with Gasteiger partial charge in [-0.3, -0.25) is 0 Å². The van der Waals surface area contributed by atoms with Crippen molar-refractivity contribution in [2.75, 3.05) is 6.61 Å². The first-order valence-corrected chi connectivity index (χ1v) is 3.64. The molecule has 0 fully saturated rings. The summed E-state index contributed by atoms with van der Waals surface area (Å²) < 4.78 is 4.62. The Morgan fingerprint density at radius 3 is 3.17 bits per heavy atom. The zero-order valence-electron chi connectivity index (χ0n) is 6.76. The van der Waals surface area contributed by atoms with Crippen molar-refractivity contribution < 1.29 is 9.53 Å². The number of aromatic amines is 1. The molecule has 62 valence electrons. The molecule has 0 aliphatic rings. The van der Waals surface area contributed by atoms with Crippen LogP contribution in [0.4, 0.5) is 0 Å². The van der Waals surface area contributed by atoms with E-state index in [2.05, 4.69) is 21.6 Å². The monoisotopic (exact) mass is 163 g/mol. The van der Waals surface area contributed by atoms with E-state index in [4.69, 9.17) is 0 Å². The molecule has 0 atom stereocenters. The number of hydrogen-bond acceptors (Lipinski definition) is 2. The molecular formula is C9H9NO2. The molecule has 0 saturated heterocycles. The van der Waals surface area contributed by atoms with Crippen LogP contribution in [0.15, 0.2) is 18.5 Å². The predicted molar refractivity (Wildman–Crippen MR) is 44.3 cm³/mol. The molecule has 1 rings (SSSR count). The van der Waals surface area contributed by atoms with Gasteiger partial charge in [-0.15, -0.1) is 0 Å². The smallest absolute Gasteiger partial charge is 0.384 e. The van der Waals surface area contributed by atoms with Gasteiger partial charge in [0, 0.05) is 23.9 Å². The third-order valence-corrected chi connectivity index (χ3v) is 1.18. The molecule has 0 spiro atoms. The molecule has 1 heterocycles. The second-order valence-corrected chi connectivity index (χ2v) is 2.07. The summed E-state index contributed by atoms with van der Waals surface area (Å²) in [6.07, 6.45) is 3.46. The van der Waals surface area contributed by atoms with Crippen molar-refractivity contribution in [1.29, 1.82) is 0 Å². The third-order valence-electron chi connectivity index (χ3n) is 1.18. The number of H-pyrrole nitrogens is 1. The standard InChI is InChI=1S/C9H9NO2/c1-2-12-9(11)4-3-8-5-6-10-7-8/h5-7,10H,2H2,1H3. The molecule has 3 heteroatoms. The Labute approximate surface area is 70.7 Å². The third kappa shape index (κ3) is 2.51. The lowest BCUT2D eigenvalue weighted by Gasteiger charge is -1.89. The summed E-state index contributed by atoms with van der Waals surface area (Å²) in [5.74, 6) is 4.52. The molecule has 0 aliphatic carbocycles. The van der Waals surface area contributed by atoms with Crippen LogP contribution in [0.3, 0.4) is 0 Å². The van der Waals surface area contributed by atoms with E-state index in [0.717, 1.165) is 5.56 Å². The van der Waals surface area contributed by atoms with E-state index in [9.17, 15) is 4.79 Å². The van der Waals surface area contributed by atoms with Gasteiger partial charge in [0.2, 0.25) is 0 Å². The highest BCUT2D eigenvalue weighted by atomic mass is 16.5. The van der Waals surface area contributed by atoms with E-state index in [1.54, 1.807) is 25.4 Å². The van der Waals surface area contributed by atoms with Crippen LogP contribution < -0.4 is 0 Å². The lowest BCUT2D eigenvalue weighted by molar-refractivity contribution is -0.136. The summed E-state index contributed by atoms with van der Waals surface area (Å²) in [7, 11) is 0. The number of rotatable bonds is 1. The summed E-state index contributed by atoms with van der Waals surface area (Å²) in [5.41, 5.74) is 0.781. The molecule has 0 unspecified atom stereocenters. The van der Waals surface area contributed by atoms with Crippen molar-refractivity contribution in [3.63, 3.8) is 0 Å². The second kappa shape index (κ2) is 4.24. The molecule has 12 heavy (non-hydrogen) atoms. The van der Waals surface area contributed by atoms with E-state index in [1.807, 2.05) is 0 Å². The van der Waals surface area contributed by atoms with Gasteiger partial charge in [-0.1, -0.05) is 5.92 Å². The topological polar surface area (TPSA) is 42.1 Å². The number of aromatic nitrogens is 1. The van der Waals surface area contributed by atoms with Gasteiger partial charge in [0.15, 0.2) is 0 Å². The first kappa shape index (κ1) is 8.41. The highest BCUT2D eigenvalue weighted by molar-refractivity contribution is 5.89. The van der Waals surface area contributed by atoms with Gasteiger partial charge in [0.1, 0.15) is 0 Å². The number of esters is 1. The van der Waals surface area contributed by atoms with Crippen LogP contribution in [-0.4, -0.2) is 17.6 Å². The Hall–Kier alpha value is -1.69. The number of carbonyl (C=O) groups excluding carboxylic acids is 1. The first-order valence-electron chi connectivity index (χ1n) is 3.64. The minimum absolute atomic E-state index is 0.362. The highest BCUT2D eigenvalue weighted by Crippen LogP contribution is 1.91. The molecule has 0 aliphatic heterocycles. The predicted octanol–water partition coefficient (Wildman–Crippen LogP) is 0.929. The summed E-state index contributed by atoms with van der Waals surface area (Å²) in [5, 5.41) is 0. The first-order chi connectivity index (χ1) is 5.83.